The molecule has 1 aromatic rings. The van der Waals surface area contributed by atoms with Gasteiger partial charge in [-0.05, 0) is 31.7 Å². The molecule has 0 radical (unpaired) electrons. The summed E-state index contributed by atoms with van der Waals surface area (Å²) < 4.78 is 2.26. The van der Waals surface area contributed by atoms with Crippen LogP contribution in [-0.2, 0) is 13.1 Å². The average Bonchev–Trinajstić information content (AvgIpc) is 2.79. The molecule has 1 heterocycles. The predicted molar refractivity (Wildman–Crippen MR) is 70.8 cm³/mol. The fraction of sp³-hybridized carbons (Fsp3) is 0.786. The molecule has 0 spiro atoms. The standard InChI is InChI=1S/C14H25N3/c1-2-8-17-12-16-11-14(17)10-15-9-13-6-4-3-5-7-13/h11-13,15H,2-10H2,1H3. The second-order valence-corrected chi connectivity index (χ2v) is 5.21. The van der Waals surface area contributed by atoms with E-state index in [0.29, 0.717) is 0 Å². The molecule has 0 aliphatic heterocycles. The maximum Gasteiger partial charge on any atom is 0.0948 e. The normalized spacial score (nSPS) is 17.5. The van der Waals surface area contributed by atoms with Gasteiger partial charge >= 0.3 is 0 Å². The molecule has 1 aromatic heterocycles. The summed E-state index contributed by atoms with van der Waals surface area (Å²) in [7, 11) is 0. The van der Waals surface area contributed by atoms with Gasteiger partial charge in [0, 0.05) is 19.3 Å². The molecule has 1 N–H and O–H groups in total. The fourth-order valence-electron chi connectivity index (χ4n) is 2.73. The Hall–Kier alpha value is -0.830. The first kappa shape index (κ1) is 12.6. The highest BCUT2D eigenvalue weighted by Gasteiger charge is 2.12. The molecular weight excluding hydrogens is 210 g/mol. The van der Waals surface area contributed by atoms with Crippen LogP contribution in [0.3, 0.4) is 0 Å². The smallest absolute Gasteiger partial charge is 0.0948 e. The van der Waals surface area contributed by atoms with Gasteiger partial charge in [-0.25, -0.2) is 4.98 Å². The molecule has 0 atom stereocenters. The first-order chi connectivity index (χ1) is 8.40. The Morgan fingerprint density at radius 2 is 2.18 bits per heavy atom. The lowest BCUT2D eigenvalue weighted by molar-refractivity contribution is 0.340. The van der Waals surface area contributed by atoms with E-state index in [-0.39, 0.29) is 0 Å². The van der Waals surface area contributed by atoms with E-state index in [1.54, 1.807) is 0 Å². The van der Waals surface area contributed by atoms with Gasteiger partial charge in [0.2, 0.25) is 0 Å². The summed E-state index contributed by atoms with van der Waals surface area (Å²) in [5, 5.41) is 3.60. The molecule has 1 aliphatic carbocycles. The van der Waals surface area contributed by atoms with Crippen molar-refractivity contribution in [1.82, 2.24) is 14.9 Å². The number of rotatable bonds is 6. The maximum absolute atomic E-state index is 4.23. The summed E-state index contributed by atoms with van der Waals surface area (Å²) >= 11 is 0. The van der Waals surface area contributed by atoms with Crippen LogP contribution in [0.4, 0.5) is 0 Å². The van der Waals surface area contributed by atoms with Crippen LogP contribution in [0.15, 0.2) is 12.5 Å². The summed E-state index contributed by atoms with van der Waals surface area (Å²) in [5.41, 5.74) is 1.32. The molecule has 2 rings (SSSR count). The van der Waals surface area contributed by atoms with Crippen LogP contribution in [0.2, 0.25) is 0 Å². The second kappa shape index (κ2) is 6.80. The highest BCUT2D eigenvalue weighted by atomic mass is 15.1. The molecule has 3 heteroatoms. The van der Waals surface area contributed by atoms with Crippen molar-refractivity contribution in [3.05, 3.63) is 18.2 Å². The first-order valence-corrected chi connectivity index (χ1v) is 7.10. The summed E-state index contributed by atoms with van der Waals surface area (Å²) in [6.45, 7) is 5.44. The second-order valence-electron chi connectivity index (χ2n) is 5.21. The average molecular weight is 235 g/mol. The first-order valence-electron chi connectivity index (χ1n) is 7.10. The van der Waals surface area contributed by atoms with Crippen molar-refractivity contribution in [2.45, 2.75) is 58.5 Å². The molecular formula is C14H25N3. The van der Waals surface area contributed by atoms with Gasteiger partial charge < -0.3 is 9.88 Å². The zero-order valence-corrected chi connectivity index (χ0v) is 11.0. The van der Waals surface area contributed by atoms with Crippen molar-refractivity contribution in [1.29, 1.82) is 0 Å². The molecule has 96 valence electrons. The Balaban J connectivity index is 1.71. The van der Waals surface area contributed by atoms with Crippen LogP contribution >= 0.6 is 0 Å². The predicted octanol–water partition coefficient (Wildman–Crippen LogP) is 2.96. The van der Waals surface area contributed by atoms with Crippen molar-refractivity contribution in [3.8, 4) is 0 Å². The minimum absolute atomic E-state index is 0.909. The number of imidazole rings is 1. The number of nitrogens with zero attached hydrogens (tertiary/aromatic N) is 2. The largest absolute Gasteiger partial charge is 0.333 e. The van der Waals surface area contributed by atoms with Gasteiger partial charge in [-0.1, -0.05) is 26.2 Å². The third-order valence-corrected chi connectivity index (χ3v) is 3.73. The van der Waals surface area contributed by atoms with E-state index in [2.05, 4.69) is 21.8 Å². The number of aromatic nitrogens is 2. The maximum atomic E-state index is 4.23. The van der Waals surface area contributed by atoms with Crippen molar-refractivity contribution in [3.63, 3.8) is 0 Å². The van der Waals surface area contributed by atoms with Gasteiger partial charge in [0.25, 0.3) is 0 Å². The van der Waals surface area contributed by atoms with E-state index in [1.165, 1.54) is 50.8 Å². The summed E-state index contributed by atoms with van der Waals surface area (Å²) in [5.74, 6) is 0.909. The van der Waals surface area contributed by atoms with Crippen molar-refractivity contribution < 1.29 is 0 Å². The molecule has 1 fully saturated rings. The number of nitrogens with one attached hydrogen (secondary N) is 1. The van der Waals surface area contributed by atoms with Crippen LogP contribution in [-0.4, -0.2) is 16.1 Å². The summed E-state index contributed by atoms with van der Waals surface area (Å²) in [6.07, 6.45) is 12.2. The van der Waals surface area contributed by atoms with Crippen LogP contribution < -0.4 is 5.32 Å². The van der Waals surface area contributed by atoms with Gasteiger partial charge in [0.05, 0.1) is 12.0 Å². The SMILES string of the molecule is CCCn1cncc1CNCC1CCCCC1. The fourth-order valence-corrected chi connectivity index (χ4v) is 2.73. The van der Waals surface area contributed by atoms with E-state index in [9.17, 15) is 0 Å². The van der Waals surface area contributed by atoms with Crippen LogP contribution in [0, 0.1) is 5.92 Å². The molecule has 0 bridgehead atoms. The van der Waals surface area contributed by atoms with E-state index < -0.39 is 0 Å². The lowest BCUT2D eigenvalue weighted by atomic mass is 9.89. The number of hydrogen-bond donors (Lipinski definition) is 1. The molecule has 3 nitrogen and oxygen atoms in total. The lowest BCUT2D eigenvalue weighted by Gasteiger charge is -2.21. The summed E-state index contributed by atoms with van der Waals surface area (Å²) in [4.78, 5) is 4.23. The number of aryl methyl sites for hydroxylation is 1. The Morgan fingerprint density at radius 3 is 2.94 bits per heavy atom. The van der Waals surface area contributed by atoms with Crippen molar-refractivity contribution >= 4 is 0 Å². The molecule has 1 saturated carbocycles. The van der Waals surface area contributed by atoms with E-state index in [4.69, 9.17) is 0 Å². The molecule has 17 heavy (non-hydrogen) atoms. The highest BCUT2D eigenvalue weighted by molar-refractivity contribution is 4.97. The Morgan fingerprint density at radius 1 is 1.35 bits per heavy atom. The molecule has 1 aliphatic rings. The Labute approximate surface area is 105 Å². The minimum Gasteiger partial charge on any atom is -0.333 e. The zero-order valence-electron chi connectivity index (χ0n) is 11.0. The van der Waals surface area contributed by atoms with E-state index >= 15 is 0 Å². The monoisotopic (exact) mass is 235 g/mol. The topological polar surface area (TPSA) is 29.9 Å². The van der Waals surface area contributed by atoms with Gasteiger partial charge in [-0.3, -0.25) is 0 Å². The van der Waals surface area contributed by atoms with E-state index in [1.807, 2.05) is 12.5 Å². The van der Waals surface area contributed by atoms with Gasteiger partial charge in [0.1, 0.15) is 0 Å². The van der Waals surface area contributed by atoms with Crippen LogP contribution in [0.5, 0.6) is 0 Å². The molecule has 0 aromatic carbocycles. The number of hydrogen-bond acceptors (Lipinski definition) is 2. The van der Waals surface area contributed by atoms with Crippen molar-refractivity contribution in [2.24, 2.45) is 5.92 Å². The Kier molecular flexibility index (Phi) is 5.05. The van der Waals surface area contributed by atoms with Gasteiger partial charge in [-0.15, -0.1) is 0 Å². The Bertz CT molecular complexity index is 313. The van der Waals surface area contributed by atoms with Crippen molar-refractivity contribution in [2.75, 3.05) is 6.54 Å². The van der Waals surface area contributed by atoms with E-state index in [0.717, 1.165) is 19.0 Å². The van der Waals surface area contributed by atoms with Crippen LogP contribution in [0.25, 0.3) is 0 Å². The highest BCUT2D eigenvalue weighted by Crippen LogP contribution is 2.22. The van der Waals surface area contributed by atoms with Gasteiger partial charge in [-0.2, -0.15) is 0 Å². The van der Waals surface area contributed by atoms with Crippen LogP contribution in [0.1, 0.15) is 51.1 Å². The molecule has 0 unspecified atom stereocenters. The quantitative estimate of drug-likeness (QED) is 0.821. The molecule has 0 saturated heterocycles. The third-order valence-electron chi connectivity index (χ3n) is 3.73. The zero-order chi connectivity index (χ0) is 11.9. The summed E-state index contributed by atoms with van der Waals surface area (Å²) in [6, 6.07) is 0. The van der Waals surface area contributed by atoms with Gasteiger partial charge in [0.15, 0.2) is 0 Å². The third kappa shape index (κ3) is 3.84. The lowest BCUT2D eigenvalue weighted by Crippen LogP contribution is -2.25. The minimum atomic E-state index is 0.909. The molecule has 0 amide bonds.